The standard InChI is InChI=1S/C48H40N4S/c1-29-12-21-42(31(3)23-29)52(34-14-19-38-36-17-11-30(2)24-43(36)50(5)45(38)27-34)35-15-20-39-37-18-13-33(26-44(37)51(6)46(39)28-35)49(4)32-16-22-48-41(25-32)40-9-7-8-10-47(40)53-48/h7-28H,1-6H3. The Labute approximate surface area is 313 Å². The second kappa shape index (κ2) is 11.7. The van der Waals surface area contributed by atoms with Gasteiger partial charge in [0, 0.05) is 96.8 Å². The van der Waals surface area contributed by atoms with Crippen LogP contribution in [-0.2, 0) is 14.1 Å². The highest BCUT2D eigenvalue weighted by Gasteiger charge is 2.20. The van der Waals surface area contributed by atoms with Crippen LogP contribution in [0.5, 0.6) is 0 Å². The van der Waals surface area contributed by atoms with Crippen LogP contribution in [0.2, 0.25) is 0 Å². The number of fused-ring (bicyclic) bond motifs is 9. The van der Waals surface area contributed by atoms with E-state index in [9.17, 15) is 0 Å². The van der Waals surface area contributed by atoms with Crippen molar-refractivity contribution in [2.24, 2.45) is 14.1 Å². The van der Waals surface area contributed by atoms with Crippen molar-refractivity contribution < 1.29 is 0 Å². The molecule has 0 aliphatic rings. The molecule has 4 nitrogen and oxygen atoms in total. The van der Waals surface area contributed by atoms with E-state index in [4.69, 9.17) is 0 Å². The van der Waals surface area contributed by atoms with E-state index in [-0.39, 0.29) is 0 Å². The fraction of sp³-hybridized carbons (Fsp3) is 0.125. The summed E-state index contributed by atoms with van der Waals surface area (Å²) in [6.07, 6.45) is 0. The molecule has 10 rings (SSSR count). The zero-order valence-electron chi connectivity index (χ0n) is 30.9. The summed E-state index contributed by atoms with van der Waals surface area (Å²) < 4.78 is 7.35. The Morgan fingerprint density at radius 3 is 1.58 bits per heavy atom. The third-order valence-corrected chi connectivity index (χ3v) is 12.5. The highest BCUT2D eigenvalue weighted by molar-refractivity contribution is 7.25. The molecule has 0 amide bonds. The van der Waals surface area contributed by atoms with E-state index in [2.05, 4.69) is 194 Å². The number of hydrogen-bond donors (Lipinski definition) is 0. The summed E-state index contributed by atoms with van der Waals surface area (Å²) in [6.45, 7) is 6.55. The number of nitrogens with zero attached hydrogens (tertiary/aromatic N) is 4. The van der Waals surface area contributed by atoms with Crippen molar-refractivity contribution in [1.82, 2.24) is 9.13 Å². The molecule has 5 heteroatoms. The quantitative estimate of drug-likeness (QED) is 0.177. The second-order valence-electron chi connectivity index (χ2n) is 14.7. The summed E-state index contributed by atoms with van der Waals surface area (Å²) in [5, 5.41) is 7.73. The number of benzene rings is 7. The molecule has 0 aliphatic heterocycles. The van der Waals surface area contributed by atoms with Gasteiger partial charge in [0.1, 0.15) is 0 Å². The van der Waals surface area contributed by atoms with E-state index in [1.807, 2.05) is 11.3 Å². The molecular formula is C48H40N4S. The predicted octanol–water partition coefficient (Wildman–Crippen LogP) is 13.5. The highest BCUT2D eigenvalue weighted by Crippen LogP contribution is 2.43. The SMILES string of the molecule is Cc1ccc(N(c2ccc3c4ccc(C)cc4n(C)c3c2)c2ccc3c4ccc(N(C)c5ccc6sc7ccccc7c6c5)cc4n(C)c3c2)c(C)c1. The number of aryl methyl sites for hydroxylation is 5. The first-order valence-corrected chi connectivity index (χ1v) is 19.1. The Morgan fingerprint density at radius 2 is 0.925 bits per heavy atom. The molecule has 0 bridgehead atoms. The second-order valence-corrected chi connectivity index (χ2v) is 15.8. The Hall–Kier alpha value is -6.04. The van der Waals surface area contributed by atoms with Gasteiger partial charge in [-0.15, -0.1) is 11.3 Å². The van der Waals surface area contributed by atoms with Crippen LogP contribution in [0.25, 0.3) is 63.8 Å². The van der Waals surface area contributed by atoms with Crippen LogP contribution in [0.4, 0.5) is 28.4 Å². The van der Waals surface area contributed by atoms with Crippen LogP contribution in [0, 0.1) is 20.8 Å². The minimum absolute atomic E-state index is 1.14. The van der Waals surface area contributed by atoms with Gasteiger partial charge in [-0.05, 0) is 105 Å². The van der Waals surface area contributed by atoms with Gasteiger partial charge in [0.05, 0.1) is 16.6 Å². The largest absolute Gasteiger partial charge is 0.345 e. The zero-order valence-corrected chi connectivity index (χ0v) is 31.7. The van der Waals surface area contributed by atoms with Gasteiger partial charge in [-0.1, -0.05) is 66.2 Å². The smallest absolute Gasteiger partial charge is 0.0509 e. The van der Waals surface area contributed by atoms with E-state index in [1.54, 1.807) is 0 Å². The van der Waals surface area contributed by atoms with Gasteiger partial charge >= 0.3 is 0 Å². The van der Waals surface area contributed by atoms with Gasteiger partial charge in [-0.2, -0.15) is 0 Å². The lowest BCUT2D eigenvalue weighted by atomic mass is 10.1. The molecule has 0 atom stereocenters. The van der Waals surface area contributed by atoms with E-state index < -0.39 is 0 Å². The van der Waals surface area contributed by atoms with E-state index in [0.717, 1.165) is 17.1 Å². The van der Waals surface area contributed by atoms with Crippen LogP contribution in [0.1, 0.15) is 16.7 Å². The highest BCUT2D eigenvalue weighted by atomic mass is 32.1. The zero-order chi connectivity index (χ0) is 36.1. The topological polar surface area (TPSA) is 16.3 Å². The van der Waals surface area contributed by atoms with Crippen molar-refractivity contribution in [1.29, 1.82) is 0 Å². The average Bonchev–Trinajstić information content (AvgIpc) is 3.78. The van der Waals surface area contributed by atoms with Gasteiger partial charge in [0.2, 0.25) is 0 Å². The Kier molecular flexibility index (Phi) is 7.02. The molecule has 0 fully saturated rings. The predicted molar refractivity (Wildman–Crippen MR) is 231 cm³/mol. The fourth-order valence-corrected chi connectivity index (χ4v) is 9.61. The third-order valence-electron chi connectivity index (χ3n) is 11.4. The molecule has 0 aliphatic carbocycles. The van der Waals surface area contributed by atoms with Gasteiger partial charge in [-0.25, -0.2) is 0 Å². The van der Waals surface area contributed by atoms with Crippen LogP contribution >= 0.6 is 11.3 Å². The van der Waals surface area contributed by atoms with Crippen molar-refractivity contribution in [2.45, 2.75) is 20.8 Å². The normalized spacial score (nSPS) is 12.0. The van der Waals surface area contributed by atoms with Crippen LogP contribution in [0.3, 0.4) is 0 Å². The average molecular weight is 705 g/mol. The number of aromatic nitrogens is 2. The van der Waals surface area contributed by atoms with Gasteiger partial charge in [0.25, 0.3) is 0 Å². The molecule has 3 aromatic heterocycles. The maximum atomic E-state index is 2.43. The molecule has 0 radical (unpaired) electrons. The van der Waals surface area contributed by atoms with Crippen LogP contribution < -0.4 is 9.80 Å². The van der Waals surface area contributed by atoms with Crippen molar-refractivity contribution in [2.75, 3.05) is 16.8 Å². The maximum Gasteiger partial charge on any atom is 0.0509 e. The Balaban J connectivity index is 1.10. The summed E-state index contributed by atoms with van der Waals surface area (Å²) >= 11 is 1.86. The molecule has 0 saturated heterocycles. The molecule has 0 saturated carbocycles. The summed E-state index contributed by atoms with van der Waals surface area (Å²) in [4.78, 5) is 4.73. The lowest BCUT2D eigenvalue weighted by Crippen LogP contribution is -2.11. The maximum absolute atomic E-state index is 2.43. The molecule has 3 heterocycles. The van der Waals surface area contributed by atoms with Crippen molar-refractivity contribution in [3.63, 3.8) is 0 Å². The van der Waals surface area contributed by atoms with Gasteiger partial charge in [-0.3, -0.25) is 0 Å². The van der Waals surface area contributed by atoms with E-state index >= 15 is 0 Å². The summed E-state index contributed by atoms with van der Waals surface area (Å²) in [6, 6.07) is 49.9. The first-order valence-electron chi connectivity index (χ1n) is 18.3. The molecule has 53 heavy (non-hydrogen) atoms. The first kappa shape index (κ1) is 31.7. The van der Waals surface area contributed by atoms with Crippen LogP contribution in [-0.4, -0.2) is 16.2 Å². The van der Waals surface area contributed by atoms with E-state index in [1.165, 1.54) is 91.8 Å². The fourth-order valence-electron chi connectivity index (χ4n) is 8.52. The van der Waals surface area contributed by atoms with Crippen molar-refractivity contribution >= 4 is 104 Å². The van der Waals surface area contributed by atoms with E-state index in [0.29, 0.717) is 0 Å². The van der Waals surface area contributed by atoms with Crippen molar-refractivity contribution in [3.05, 3.63) is 150 Å². The Morgan fingerprint density at radius 1 is 0.434 bits per heavy atom. The minimum Gasteiger partial charge on any atom is -0.345 e. The molecule has 0 unspecified atom stereocenters. The first-order chi connectivity index (χ1) is 25.7. The molecule has 0 spiro atoms. The van der Waals surface area contributed by atoms with Crippen molar-refractivity contribution in [3.8, 4) is 0 Å². The number of thiophene rings is 1. The third kappa shape index (κ3) is 4.88. The lowest BCUT2D eigenvalue weighted by Gasteiger charge is -2.27. The molecular weight excluding hydrogens is 665 g/mol. The number of anilines is 5. The summed E-state index contributed by atoms with van der Waals surface area (Å²) in [5.74, 6) is 0. The molecule has 7 aromatic carbocycles. The Bertz CT molecular complexity index is 3100. The van der Waals surface area contributed by atoms with Gasteiger partial charge < -0.3 is 18.9 Å². The summed E-state index contributed by atoms with van der Waals surface area (Å²) in [7, 11) is 6.56. The lowest BCUT2D eigenvalue weighted by molar-refractivity contribution is 1.01. The summed E-state index contributed by atoms with van der Waals surface area (Å²) in [5.41, 5.74) is 14.5. The monoisotopic (exact) mass is 704 g/mol. The number of rotatable bonds is 5. The number of hydrogen-bond acceptors (Lipinski definition) is 3. The minimum atomic E-state index is 1.14. The molecule has 10 aromatic rings. The van der Waals surface area contributed by atoms with Crippen LogP contribution in [0.15, 0.2) is 133 Å². The molecule has 0 N–H and O–H groups in total. The molecule has 258 valence electrons. The van der Waals surface area contributed by atoms with Gasteiger partial charge in [0.15, 0.2) is 0 Å².